The van der Waals surface area contributed by atoms with E-state index in [0.717, 1.165) is 12.0 Å². The standard InChI is InChI=1S/C14H16ClN3O3/c15-9-5-10-7(4-13(19)17-10)3-11(9)18-14(20)12-2-1-8(6-16)21-12/h3,5,8,12H,1-2,4,6,16H2,(H,17,19)(H,18,20). The van der Waals surface area contributed by atoms with E-state index in [0.29, 0.717) is 35.8 Å². The summed E-state index contributed by atoms with van der Waals surface area (Å²) in [7, 11) is 0. The van der Waals surface area contributed by atoms with E-state index in [-0.39, 0.29) is 17.9 Å². The van der Waals surface area contributed by atoms with Crippen LogP contribution in [-0.4, -0.2) is 30.6 Å². The van der Waals surface area contributed by atoms with Crippen LogP contribution in [0.4, 0.5) is 11.4 Å². The summed E-state index contributed by atoms with van der Waals surface area (Å²) in [6, 6.07) is 3.37. The van der Waals surface area contributed by atoms with Crippen LogP contribution in [-0.2, 0) is 20.7 Å². The highest BCUT2D eigenvalue weighted by Crippen LogP contribution is 2.33. The minimum atomic E-state index is -0.498. The molecule has 2 aliphatic rings. The average molecular weight is 310 g/mol. The van der Waals surface area contributed by atoms with Crippen molar-refractivity contribution in [1.82, 2.24) is 0 Å². The second kappa shape index (κ2) is 5.63. The van der Waals surface area contributed by atoms with Crippen LogP contribution in [0.3, 0.4) is 0 Å². The Hall–Kier alpha value is -1.63. The highest BCUT2D eigenvalue weighted by atomic mass is 35.5. The Morgan fingerprint density at radius 1 is 1.48 bits per heavy atom. The van der Waals surface area contributed by atoms with Crippen LogP contribution >= 0.6 is 11.6 Å². The van der Waals surface area contributed by atoms with Crippen molar-refractivity contribution in [3.63, 3.8) is 0 Å². The van der Waals surface area contributed by atoms with E-state index in [2.05, 4.69) is 10.6 Å². The smallest absolute Gasteiger partial charge is 0.253 e. The molecule has 0 radical (unpaired) electrons. The molecule has 0 saturated carbocycles. The highest BCUT2D eigenvalue weighted by molar-refractivity contribution is 6.34. The quantitative estimate of drug-likeness (QED) is 0.784. The van der Waals surface area contributed by atoms with Crippen molar-refractivity contribution < 1.29 is 14.3 Å². The number of ether oxygens (including phenoxy) is 1. The third-order valence-corrected chi connectivity index (χ3v) is 4.05. The molecule has 2 heterocycles. The van der Waals surface area contributed by atoms with E-state index < -0.39 is 6.10 Å². The number of carbonyl (C=O) groups excluding carboxylic acids is 2. The van der Waals surface area contributed by atoms with Gasteiger partial charge in [-0.15, -0.1) is 0 Å². The zero-order chi connectivity index (χ0) is 15.0. The van der Waals surface area contributed by atoms with Crippen molar-refractivity contribution in [3.05, 3.63) is 22.7 Å². The maximum absolute atomic E-state index is 12.2. The van der Waals surface area contributed by atoms with Gasteiger partial charge in [0.1, 0.15) is 6.10 Å². The molecule has 7 heteroatoms. The van der Waals surface area contributed by atoms with Gasteiger partial charge in [-0.2, -0.15) is 0 Å². The normalized spacial score (nSPS) is 23.8. The lowest BCUT2D eigenvalue weighted by molar-refractivity contribution is -0.126. The third-order valence-electron chi connectivity index (χ3n) is 3.74. The van der Waals surface area contributed by atoms with Gasteiger partial charge in [0.15, 0.2) is 0 Å². The first-order valence-corrected chi connectivity index (χ1v) is 7.23. The molecule has 21 heavy (non-hydrogen) atoms. The van der Waals surface area contributed by atoms with Crippen LogP contribution in [0.1, 0.15) is 18.4 Å². The Kier molecular flexibility index (Phi) is 3.84. The Bertz CT molecular complexity index is 605. The number of halogens is 1. The zero-order valence-electron chi connectivity index (χ0n) is 11.3. The van der Waals surface area contributed by atoms with Crippen molar-refractivity contribution in [2.45, 2.75) is 31.5 Å². The number of amides is 2. The molecule has 3 rings (SSSR count). The van der Waals surface area contributed by atoms with Gasteiger partial charge in [-0.05, 0) is 30.5 Å². The summed E-state index contributed by atoms with van der Waals surface area (Å²) in [6.45, 7) is 0.414. The lowest BCUT2D eigenvalue weighted by Crippen LogP contribution is -2.29. The molecule has 1 aromatic carbocycles. The maximum atomic E-state index is 12.2. The predicted octanol–water partition coefficient (Wildman–Crippen LogP) is 1.28. The fourth-order valence-electron chi connectivity index (χ4n) is 2.63. The van der Waals surface area contributed by atoms with Crippen LogP contribution in [0.2, 0.25) is 5.02 Å². The summed E-state index contributed by atoms with van der Waals surface area (Å²) < 4.78 is 5.55. The molecule has 112 valence electrons. The fourth-order valence-corrected chi connectivity index (χ4v) is 2.84. The summed E-state index contributed by atoms with van der Waals surface area (Å²) >= 11 is 6.14. The molecule has 2 aliphatic heterocycles. The maximum Gasteiger partial charge on any atom is 0.253 e. The minimum Gasteiger partial charge on any atom is -0.364 e. The molecule has 1 saturated heterocycles. The van der Waals surface area contributed by atoms with Gasteiger partial charge < -0.3 is 21.1 Å². The van der Waals surface area contributed by atoms with Crippen molar-refractivity contribution in [1.29, 1.82) is 0 Å². The SMILES string of the molecule is NCC1CCC(C(=O)Nc2cc3c(cc2Cl)NC(=O)C3)O1. The molecule has 1 fully saturated rings. The minimum absolute atomic E-state index is 0.0573. The Labute approximate surface area is 127 Å². The van der Waals surface area contributed by atoms with Crippen LogP contribution < -0.4 is 16.4 Å². The molecule has 4 N–H and O–H groups in total. The van der Waals surface area contributed by atoms with Crippen molar-refractivity contribution in [2.24, 2.45) is 5.73 Å². The summed E-state index contributed by atoms with van der Waals surface area (Å²) in [4.78, 5) is 23.5. The van der Waals surface area contributed by atoms with Gasteiger partial charge in [0, 0.05) is 12.2 Å². The first-order valence-electron chi connectivity index (χ1n) is 6.85. The van der Waals surface area contributed by atoms with Crippen molar-refractivity contribution in [2.75, 3.05) is 17.2 Å². The van der Waals surface area contributed by atoms with E-state index in [1.165, 1.54) is 0 Å². The lowest BCUT2D eigenvalue weighted by Gasteiger charge is -2.14. The Morgan fingerprint density at radius 2 is 2.29 bits per heavy atom. The molecule has 2 unspecified atom stereocenters. The van der Waals surface area contributed by atoms with Crippen LogP contribution in [0.15, 0.2) is 12.1 Å². The molecule has 0 aromatic heterocycles. The van der Waals surface area contributed by atoms with Crippen molar-refractivity contribution in [3.8, 4) is 0 Å². The average Bonchev–Trinajstić information content (AvgIpc) is 3.04. The molecule has 2 amide bonds. The molecule has 0 spiro atoms. The van der Waals surface area contributed by atoms with Crippen molar-refractivity contribution >= 4 is 34.8 Å². The van der Waals surface area contributed by atoms with Gasteiger partial charge in [-0.1, -0.05) is 11.6 Å². The van der Waals surface area contributed by atoms with E-state index in [1.807, 2.05) is 0 Å². The number of carbonyl (C=O) groups is 2. The molecule has 0 bridgehead atoms. The molecule has 0 aliphatic carbocycles. The Morgan fingerprint density at radius 3 is 3.00 bits per heavy atom. The molecule has 2 atom stereocenters. The van der Waals surface area contributed by atoms with Crippen LogP contribution in [0.25, 0.3) is 0 Å². The summed E-state index contributed by atoms with van der Waals surface area (Å²) in [5.41, 5.74) is 7.55. The fraction of sp³-hybridized carbons (Fsp3) is 0.429. The second-order valence-electron chi connectivity index (χ2n) is 5.26. The number of fused-ring (bicyclic) bond motifs is 1. The van der Waals surface area contributed by atoms with Gasteiger partial charge in [0.25, 0.3) is 5.91 Å². The van der Waals surface area contributed by atoms with Gasteiger partial charge in [-0.25, -0.2) is 0 Å². The summed E-state index contributed by atoms with van der Waals surface area (Å²) in [5, 5.41) is 5.86. The Balaban J connectivity index is 1.72. The van der Waals surface area contributed by atoms with E-state index in [1.54, 1.807) is 12.1 Å². The zero-order valence-corrected chi connectivity index (χ0v) is 12.1. The highest BCUT2D eigenvalue weighted by Gasteiger charge is 2.30. The van der Waals surface area contributed by atoms with Crippen LogP contribution in [0.5, 0.6) is 0 Å². The molecule has 6 nitrogen and oxygen atoms in total. The number of benzene rings is 1. The van der Waals surface area contributed by atoms with Gasteiger partial charge in [-0.3, -0.25) is 9.59 Å². The van der Waals surface area contributed by atoms with E-state index in [4.69, 9.17) is 22.1 Å². The number of nitrogens with two attached hydrogens (primary N) is 1. The lowest BCUT2D eigenvalue weighted by atomic mass is 10.1. The number of nitrogens with one attached hydrogen (secondary N) is 2. The second-order valence-corrected chi connectivity index (χ2v) is 5.67. The largest absolute Gasteiger partial charge is 0.364 e. The molecule has 1 aromatic rings. The first-order chi connectivity index (χ1) is 10.1. The topological polar surface area (TPSA) is 93.5 Å². The predicted molar refractivity (Wildman–Crippen MR) is 79.4 cm³/mol. The number of anilines is 2. The van der Waals surface area contributed by atoms with Crippen LogP contribution in [0, 0.1) is 0 Å². The van der Waals surface area contributed by atoms with Gasteiger partial charge >= 0.3 is 0 Å². The monoisotopic (exact) mass is 309 g/mol. The first kappa shape index (κ1) is 14.3. The van der Waals surface area contributed by atoms with E-state index >= 15 is 0 Å². The number of rotatable bonds is 3. The molecular formula is C14H16ClN3O3. The van der Waals surface area contributed by atoms with E-state index in [9.17, 15) is 9.59 Å². The van der Waals surface area contributed by atoms with Gasteiger partial charge in [0.2, 0.25) is 5.91 Å². The summed E-state index contributed by atoms with van der Waals surface area (Å²) in [5.74, 6) is -0.306. The number of hydrogen-bond acceptors (Lipinski definition) is 4. The summed E-state index contributed by atoms with van der Waals surface area (Å²) in [6.07, 6.45) is 1.17. The number of hydrogen-bond donors (Lipinski definition) is 3. The van der Waals surface area contributed by atoms with Gasteiger partial charge in [0.05, 0.1) is 23.2 Å². The molecular weight excluding hydrogens is 294 g/mol. The third kappa shape index (κ3) is 2.88.